The minimum Gasteiger partial charge on any atom is -0.365 e. The predicted octanol–water partition coefficient (Wildman–Crippen LogP) is 3.96. The molecule has 0 aliphatic carbocycles. The van der Waals surface area contributed by atoms with Crippen LogP contribution in [0.2, 0.25) is 0 Å². The van der Waals surface area contributed by atoms with Crippen molar-refractivity contribution in [1.82, 2.24) is 24.5 Å². The molecular weight excluding hydrogens is 510 g/mol. The van der Waals surface area contributed by atoms with Crippen LogP contribution in [0.1, 0.15) is 51.8 Å². The second-order valence-corrected chi connectivity index (χ2v) is 9.43. The maximum absolute atomic E-state index is 13.7. The van der Waals surface area contributed by atoms with E-state index in [0.717, 1.165) is 11.3 Å². The number of pyridine rings is 1. The molecule has 4 heterocycles. The normalized spacial score (nSPS) is 12.3. The number of thiophene rings is 1. The molecule has 4 rings (SSSR count). The lowest BCUT2D eigenvalue weighted by Crippen LogP contribution is -2.26. The number of aryl methyl sites for hydroxylation is 3. The fraction of sp³-hybridized carbons (Fsp3) is 0.318. The average Bonchev–Trinajstić information content (AvgIpc) is 3.44. The van der Waals surface area contributed by atoms with Gasteiger partial charge in [-0.1, -0.05) is 0 Å². The summed E-state index contributed by atoms with van der Waals surface area (Å²) in [6, 6.07) is 0.165. The fourth-order valence-corrected chi connectivity index (χ4v) is 5.25. The zero-order valence-electron chi connectivity index (χ0n) is 20.4. The molecule has 0 spiro atoms. The molecule has 1 atom stereocenters. The Morgan fingerprint density at radius 2 is 1.86 bits per heavy atom. The zero-order valence-corrected chi connectivity index (χ0v) is 21.2. The van der Waals surface area contributed by atoms with Crippen molar-refractivity contribution in [3.63, 3.8) is 0 Å². The first kappa shape index (κ1) is 25.8. The average molecular weight is 533 g/mol. The summed E-state index contributed by atoms with van der Waals surface area (Å²) in [7, 11) is 1.67. The number of carbonyl (C=O) groups is 2. The Morgan fingerprint density at radius 3 is 2.38 bits per heavy atom. The van der Waals surface area contributed by atoms with Crippen molar-refractivity contribution in [2.24, 2.45) is 12.8 Å². The molecule has 4 aromatic heterocycles. The highest BCUT2D eigenvalue weighted by atomic mass is 32.1. The molecular formula is C22H22F2N8O4S. The monoisotopic (exact) mass is 532 g/mol. The molecule has 4 aromatic rings. The van der Waals surface area contributed by atoms with Gasteiger partial charge in [-0.15, -0.1) is 11.3 Å². The third kappa shape index (κ3) is 4.41. The van der Waals surface area contributed by atoms with Gasteiger partial charge in [0.05, 0.1) is 16.3 Å². The van der Waals surface area contributed by atoms with E-state index in [0.29, 0.717) is 16.8 Å². The minimum absolute atomic E-state index is 0.00644. The molecule has 0 aliphatic heterocycles. The number of nitro groups is 1. The van der Waals surface area contributed by atoms with Gasteiger partial charge in [0, 0.05) is 24.2 Å². The number of anilines is 1. The van der Waals surface area contributed by atoms with E-state index >= 15 is 0 Å². The van der Waals surface area contributed by atoms with E-state index in [1.807, 2.05) is 0 Å². The predicted molar refractivity (Wildman–Crippen MR) is 132 cm³/mol. The van der Waals surface area contributed by atoms with Gasteiger partial charge in [-0.3, -0.25) is 29.1 Å². The fourth-order valence-electron chi connectivity index (χ4n) is 4.23. The van der Waals surface area contributed by atoms with Crippen LogP contribution in [0.4, 0.5) is 20.2 Å². The minimum atomic E-state index is -2.89. The Kier molecular flexibility index (Phi) is 6.50. The number of nitrogens with two attached hydrogens (primary N) is 1. The summed E-state index contributed by atoms with van der Waals surface area (Å²) in [5, 5.41) is 22.7. The van der Waals surface area contributed by atoms with Crippen molar-refractivity contribution < 1.29 is 23.3 Å². The number of nitrogens with one attached hydrogen (secondary N) is 1. The number of hydrogen-bond acceptors (Lipinski definition) is 8. The lowest BCUT2D eigenvalue weighted by atomic mass is 10.0. The second-order valence-electron chi connectivity index (χ2n) is 8.43. The van der Waals surface area contributed by atoms with Gasteiger partial charge in [-0.2, -0.15) is 10.2 Å². The molecule has 0 fully saturated rings. The van der Waals surface area contributed by atoms with Gasteiger partial charge in [0.1, 0.15) is 32.8 Å². The van der Waals surface area contributed by atoms with Crippen LogP contribution in [0, 0.1) is 30.9 Å². The van der Waals surface area contributed by atoms with Crippen molar-refractivity contribution >= 4 is 44.7 Å². The molecule has 1 unspecified atom stereocenters. The van der Waals surface area contributed by atoms with Crippen LogP contribution in [0.15, 0.2) is 12.3 Å². The van der Waals surface area contributed by atoms with E-state index in [2.05, 4.69) is 20.5 Å². The third-order valence-corrected chi connectivity index (χ3v) is 6.99. The van der Waals surface area contributed by atoms with Gasteiger partial charge in [-0.05, 0) is 39.3 Å². The Morgan fingerprint density at radius 1 is 1.19 bits per heavy atom. The van der Waals surface area contributed by atoms with Crippen molar-refractivity contribution in [2.45, 2.75) is 40.2 Å². The van der Waals surface area contributed by atoms with Crippen molar-refractivity contribution in [3.05, 3.63) is 50.0 Å². The van der Waals surface area contributed by atoms with Crippen LogP contribution >= 0.6 is 11.3 Å². The second kappa shape index (κ2) is 9.31. The molecule has 37 heavy (non-hydrogen) atoms. The first-order chi connectivity index (χ1) is 17.3. The quantitative estimate of drug-likeness (QED) is 0.269. The Balaban J connectivity index is 1.90. The number of halogens is 2. The van der Waals surface area contributed by atoms with Crippen LogP contribution in [-0.4, -0.2) is 41.3 Å². The van der Waals surface area contributed by atoms with Gasteiger partial charge in [-0.25, -0.2) is 13.8 Å². The van der Waals surface area contributed by atoms with E-state index in [-0.39, 0.29) is 37.9 Å². The third-order valence-electron chi connectivity index (χ3n) is 5.90. The number of hydrogen-bond donors (Lipinski definition) is 2. The molecule has 12 nitrogen and oxygen atoms in total. The van der Waals surface area contributed by atoms with Gasteiger partial charge < -0.3 is 11.1 Å². The lowest BCUT2D eigenvalue weighted by molar-refractivity contribution is -0.386. The number of primary amides is 1. The molecule has 0 aromatic carbocycles. The van der Waals surface area contributed by atoms with Gasteiger partial charge in [0.25, 0.3) is 12.3 Å². The number of alkyl halides is 2. The van der Waals surface area contributed by atoms with Crippen molar-refractivity contribution in [2.75, 3.05) is 5.32 Å². The summed E-state index contributed by atoms with van der Waals surface area (Å²) in [6.45, 7) is 6.10. The van der Waals surface area contributed by atoms with E-state index < -0.39 is 34.9 Å². The SMILES string of the molecule is Cc1nn(C)cc1-c1cc(C(F)F)nc2sc(C(N)=O)c(NC(=O)C(C)n3nc(C)c([N+](=O)[O-])c3C)c12. The lowest BCUT2D eigenvalue weighted by Gasteiger charge is -2.15. The van der Waals surface area contributed by atoms with Crippen LogP contribution < -0.4 is 11.1 Å². The molecule has 2 amide bonds. The Bertz CT molecular complexity index is 1590. The molecule has 0 saturated carbocycles. The highest BCUT2D eigenvalue weighted by molar-refractivity contribution is 7.21. The zero-order chi connectivity index (χ0) is 27.3. The van der Waals surface area contributed by atoms with Gasteiger partial charge >= 0.3 is 5.69 Å². The maximum atomic E-state index is 13.7. The molecule has 15 heteroatoms. The number of aromatic nitrogens is 5. The molecule has 194 valence electrons. The molecule has 3 N–H and O–H groups in total. The van der Waals surface area contributed by atoms with Crippen LogP contribution in [0.25, 0.3) is 21.3 Å². The number of fused-ring (bicyclic) bond motifs is 1. The smallest absolute Gasteiger partial charge is 0.312 e. The number of rotatable bonds is 7. The standard InChI is InChI=1S/C22H22F2N8O4S/c1-8-13(7-30(5)28-8)12-6-14(19(23)24)26-22-15(12)16(18(37-22)20(25)33)27-21(34)11(4)31-10(3)17(32(35)36)9(2)29-31/h6-7,11,19H,1-5H3,(H2,25,33)(H,27,34). The number of nitrogens with zero attached hydrogens (tertiary/aromatic N) is 6. The molecule has 0 saturated heterocycles. The van der Waals surface area contributed by atoms with E-state index in [1.165, 1.54) is 36.2 Å². The summed E-state index contributed by atoms with van der Waals surface area (Å²) in [6.07, 6.45) is -1.26. The van der Waals surface area contributed by atoms with Crippen LogP contribution in [0.3, 0.4) is 0 Å². The van der Waals surface area contributed by atoms with E-state index in [4.69, 9.17) is 5.73 Å². The summed E-state index contributed by atoms with van der Waals surface area (Å²) in [5.74, 6) is -1.55. The first-order valence-electron chi connectivity index (χ1n) is 10.9. The summed E-state index contributed by atoms with van der Waals surface area (Å²) >= 11 is 0.776. The van der Waals surface area contributed by atoms with Gasteiger partial charge in [0.15, 0.2) is 0 Å². The molecule has 0 bridgehead atoms. The maximum Gasteiger partial charge on any atom is 0.312 e. The highest BCUT2D eigenvalue weighted by Crippen LogP contribution is 2.43. The topological polar surface area (TPSA) is 164 Å². The molecule has 0 radical (unpaired) electrons. The highest BCUT2D eigenvalue weighted by Gasteiger charge is 2.30. The Hall–Kier alpha value is -4.27. The summed E-state index contributed by atoms with van der Waals surface area (Å²) < 4.78 is 30.1. The van der Waals surface area contributed by atoms with Gasteiger partial charge in [0.2, 0.25) is 5.91 Å². The van der Waals surface area contributed by atoms with E-state index in [9.17, 15) is 28.5 Å². The Labute approximate surface area is 212 Å². The van der Waals surface area contributed by atoms with Crippen molar-refractivity contribution in [1.29, 1.82) is 0 Å². The summed E-state index contributed by atoms with van der Waals surface area (Å²) in [5.41, 5.74) is 6.50. The largest absolute Gasteiger partial charge is 0.365 e. The number of amides is 2. The first-order valence-corrected chi connectivity index (χ1v) is 11.7. The number of carbonyl (C=O) groups excluding carboxylic acids is 2. The molecule has 0 aliphatic rings. The van der Waals surface area contributed by atoms with Crippen LogP contribution in [0.5, 0.6) is 0 Å². The van der Waals surface area contributed by atoms with E-state index in [1.54, 1.807) is 20.2 Å². The van der Waals surface area contributed by atoms with Crippen molar-refractivity contribution in [3.8, 4) is 11.1 Å². The summed E-state index contributed by atoms with van der Waals surface area (Å²) in [4.78, 5) is 40.4. The van der Waals surface area contributed by atoms with Crippen LogP contribution in [-0.2, 0) is 11.8 Å².